The van der Waals surface area contributed by atoms with E-state index in [0.717, 1.165) is 27.9 Å². The molecule has 0 aliphatic heterocycles. The van der Waals surface area contributed by atoms with Crippen molar-refractivity contribution >= 4 is 45.6 Å². The molecule has 0 aliphatic rings. The molecule has 4 aromatic rings. The maximum Gasteiger partial charge on any atom is 0.227 e. The van der Waals surface area contributed by atoms with Gasteiger partial charge in [0.05, 0.1) is 5.69 Å². The molecule has 1 heterocycles. The van der Waals surface area contributed by atoms with Crippen molar-refractivity contribution in [1.82, 2.24) is 4.98 Å². The Hall–Kier alpha value is -2.47. The summed E-state index contributed by atoms with van der Waals surface area (Å²) in [6, 6.07) is 20.3. The third-order valence-electron chi connectivity index (χ3n) is 4.31. The highest BCUT2D eigenvalue weighted by Crippen LogP contribution is 2.28. The molecule has 0 saturated heterocycles. The van der Waals surface area contributed by atoms with Gasteiger partial charge in [-0.15, -0.1) is 0 Å². The maximum atomic E-state index is 5.96. The van der Waals surface area contributed by atoms with Crippen LogP contribution in [0.1, 0.15) is 16.7 Å². The zero-order valence-corrected chi connectivity index (χ0v) is 16.7. The van der Waals surface area contributed by atoms with Gasteiger partial charge in [-0.3, -0.25) is 4.99 Å². The number of rotatable bonds is 3. The van der Waals surface area contributed by atoms with Crippen LogP contribution in [0.2, 0.25) is 0 Å². The first-order valence-corrected chi connectivity index (χ1v) is 9.44. The third kappa shape index (κ3) is 3.55. The Balaban J connectivity index is 1.67. The number of halogens is 1. The average Bonchev–Trinajstić information content (AvgIpc) is 3.03. The number of nitrogens with zero attached hydrogens (tertiary/aromatic N) is 2. The quantitative estimate of drug-likeness (QED) is 0.264. The normalized spacial score (nSPS) is 11.5. The third-order valence-corrected chi connectivity index (χ3v) is 4.98. The predicted molar refractivity (Wildman–Crippen MR) is 115 cm³/mol. The van der Waals surface area contributed by atoms with Gasteiger partial charge in [-0.1, -0.05) is 18.2 Å². The van der Waals surface area contributed by atoms with Gasteiger partial charge in [0.15, 0.2) is 5.58 Å². The van der Waals surface area contributed by atoms with Crippen LogP contribution < -0.4 is 0 Å². The lowest BCUT2D eigenvalue weighted by molar-refractivity contribution is 0.619. The fraction of sp³-hybridized carbons (Fsp3) is 0.0909. The van der Waals surface area contributed by atoms with Crippen LogP contribution in [0.5, 0.6) is 0 Å². The number of aryl methyl sites for hydroxylation is 2. The summed E-state index contributed by atoms with van der Waals surface area (Å²) >= 11 is 2.30. The molecule has 0 amide bonds. The van der Waals surface area contributed by atoms with Gasteiger partial charge in [-0.2, -0.15) is 0 Å². The van der Waals surface area contributed by atoms with Crippen LogP contribution in [0, 0.1) is 17.4 Å². The van der Waals surface area contributed by atoms with E-state index in [1.54, 1.807) is 0 Å². The Labute approximate surface area is 165 Å². The highest BCUT2D eigenvalue weighted by atomic mass is 127. The SMILES string of the molecule is Cc1cc2nc(-c3cccc(N=Cc4cccc(I)c4)c3)oc2cc1C. The van der Waals surface area contributed by atoms with Crippen LogP contribution in [-0.2, 0) is 0 Å². The van der Waals surface area contributed by atoms with E-state index in [0.29, 0.717) is 5.89 Å². The highest BCUT2D eigenvalue weighted by molar-refractivity contribution is 14.1. The molecule has 26 heavy (non-hydrogen) atoms. The van der Waals surface area contributed by atoms with Crippen LogP contribution in [0.25, 0.3) is 22.6 Å². The molecule has 0 unspecified atom stereocenters. The minimum Gasteiger partial charge on any atom is -0.436 e. The van der Waals surface area contributed by atoms with Crippen LogP contribution in [0.4, 0.5) is 5.69 Å². The molecule has 128 valence electrons. The molecule has 4 rings (SSSR count). The molecule has 4 heteroatoms. The van der Waals surface area contributed by atoms with E-state index in [4.69, 9.17) is 4.42 Å². The topological polar surface area (TPSA) is 38.4 Å². The first kappa shape index (κ1) is 17.0. The van der Waals surface area contributed by atoms with Crippen molar-refractivity contribution in [2.45, 2.75) is 13.8 Å². The first-order valence-electron chi connectivity index (χ1n) is 8.36. The van der Waals surface area contributed by atoms with E-state index in [1.165, 1.54) is 14.7 Å². The Bertz CT molecular complexity index is 1090. The largest absolute Gasteiger partial charge is 0.436 e. The summed E-state index contributed by atoms with van der Waals surface area (Å²) in [6.07, 6.45) is 1.88. The molecular weight excluding hydrogens is 435 g/mol. The van der Waals surface area contributed by atoms with E-state index in [2.05, 4.69) is 64.6 Å². The van der Waals surface area contributed by atoms with Gasteiger partial charge in [0, 0.05) is 15.3 Å². The Morgan fingerprint density at radius 3 is 2.62 bits per heavy atom. The van der Waals surface area contributed by atoms with Gasteiger partial charge in [0.2, 0.25) is 5.89 Å². The molecule has 0 radical (unpaired) electrons. The second kappa shape index (κ2) is 7.03. The molecule has 3 aromatic carbocycles. The fourth-order valence-corrected chi connectivity index (χ4v) is 3.33. The molecule has 3 nitrogen and oxygen atoms in total. The highest BCUT2D eigenvalue weighted by Gasteiger charge is 2.10. The van der Waals surface area contributed by atoms with E-state index in [9.17, 15) is 0 Å². The second-order valence-corrected chi connectivity index (χ2v) is 7.53. The van der Waals surface area contributed by atoms with Gasteiger partial charge in [0.1, 0.15) is 5.52 Å². The summed E-state index contributed by atoms with van der Waals surface area (Å²) in [4.78, 5) is 9.22. The number of fused-ring (bicyclic) bond motifs is 1. The van der Waals surface area contributed by atoms with Crippen molar-refractivity contribution in [1.29, 1.82) is 0 Å². The van der Waals surface area contributed by atoms with Gasteiger partial charge >= 0.3 is 0 Å². The van der Waals surface area contributed by atoms with Crippen molar-refractivity contribution in [3.63, 3.8) is 0 Å². The monoisotopic (exact) mass is 452 g/mol. The summed E-state index contributed by atoms with van der Waals surface area (Å²) in [5.74, 6) is 0.622. The van der Waals surface area contributed by atoms with Gasteiger partial charge < -0.3 is 4.42 Å². The summed E-state index contributed by atoms with van der Waals surface area (Å²) in [7, 11) is 0. The van der Waals surface area contributed by atoms with Crippen molar-refractivity contribution in [2.75, 3.05) is 0 Å². The number of oxazole rings is 1. The number of aliphatic imine (C=N–C) groups is 1. The average molecular weight is 452 g/mol. The van der Waals surface area contributed by atoms with Crippen LogP contribution >= 0.6 is 22.6 Å². The summed E-state index contributed by atoms with van der Waals surface area (Å²) < 4.78 is 7.15. The molecule has 1 aromatic heterocycles. The number of aromatic nitrogens is 1. The van der Waals surface area contributed by atoms with Gasteiger partial charge in [-0.25, -0.2) is 4.98 Å². The van der Waals surface area contributed by atoms with Crippen LogP contribution in [-0.4, -0.2) is 11.2 Å². The van der Waals surface area contributed by atoms with E-state index in [1.807, 2.05) is 48.7 Å². The molecule has 0 fully saturated rings. The maximum absolute atomic E-state index is 5.96. The summed E-state index contributed by atoms with van der Waals surface area (Å²) in [6.45, 7) is 4.17. The molecule has 0 saturated carbocycles. The number of hydrogen-bond acceptors (Lipinski definition) is 3. The zero-order valence-electron chi connectivity index (χ0n) is 14.5. The fourth-order valence-electron chi connectivity index (χ4n) is 2.76. The minimum atomic E-state index is 0.622. The van der Waals surface area contributed by atoms with Crippen LogP contribution in [0.15, 0.2) is 70.1 Å². The lowest BCUT2D eigenvalue weighted by Gasteiger charge is -1.98. The molecular formula is C22H17IN2O. The molecule has 0 N–H and O–H groups in total. The standard InChI is InChI=1S/C22H17IN2O/c1-14-9-20-21(10-15(14)2)26-22(25-20)17-6-4-8-19(12-17)24-13-16-5-3-7-18(23)11-16/h3-13H,1-2H3. The van der Waals surface area contributed by atoms with Crippen LogP contribution in [0.3, 0.4) is 0 Å². The lowest BCUT2D eigenvalue weighted by Crippen LogP contribution is -1.82. The van der Waals surface area contributed by atoms with Crippen molar-refractivity contribution < 1.29 is 4.42 Å². The Morgan fingerprint density at radius 2 is 1.77 bits per heavy atom. The smallest absolute Gasteiger partial charge is 0.227 e. The summed E-state index contributed by atoms with van der Waals surface area (Å²) in [5, 5.41) is 0. The lowest BCUT2D eigenvalue weighted by atomic mass is 10.1. The van der Waals surface area contributed by atoms with Crippen molar-refractivity contribution in [3.8, 4) is 11.5 Å². The number of benzene rings is 3. The second-order valence-electron chi connectivity index (χ2n) is 6.29. The van der Waals surface area contributed by atoms with E-state index < -0.39 is 0 Å². The molecule has 0 spiro atoms. The minimum absolute atomic E-state index is 0.622. The Morgan fingerprint density at radius 1 is 0.962 bits per heavy atom. The van der Waals surface area contributed by atoms with E-state index in [-0.39, 0.29) is 0 Å². The summed E-state index contributed by atoms with van der Waals surface area (Å²) in [5.41, 5.74) is 7.00. The Kier molecular flexibility index (Phi) is 4.59. The molecule has 0 atom stereocenters. The van der Waals surface area contributed by atoms with Crippen molar-refractivity contribution in [2.24, 2.45) is 4.99 Å². The number of hydrogen-bond donors (Lipinski definition) is 0. The predicted octanol–water partition coefficient (Wildman–Crippen LogP) is 6.47. The van der Waals surface area contributed by atoms with E-state index >= 15 is 0 Å². The first-order chi connectivity index (χ1) is 12.6. The van der Waals surface area contributed by atoms with Gasteiger partial charge in [0.25, 0.3) is 0 Å². The molecule has 0 aliphatic carbocycles. The molecule has 0 bridgehead atoms. The van der Waals surface area contributed by atoms with Gasteiger partial charge in [-0.05, 0) is 95.6 Å². The van der Waals surface area contributed by atoms with Crippen molar-refractivity contribution in [3.05, 3.63) is 80.9 Å². The zero-order chi connectivity index (χ0) is 18.1.